The summed E-state index contributed by atoms with van der Waals surface area (Å²) in [5.41, 5.74) is 3.33. The van der Waals surface area contributed by atoms with Crippen LogP contribution in [-0.4, -0.2) is 22.1 Å². The summed E-state index contributed by atoms with van der Waals surface area (Å²) < 4.78 is 0. The lowest BCUT2D eigenvalue weighted by atomic mass is 9.95. The molecule has 2 aromatic rings. The number of carboxylic acid groups (broad SMARTS) is 1. The van der Waals surface area contributed by atoms with Gasteiger partial charge in [0.1, 0.15) is 6.04 Å². The Labute approximate surface area is 98.6 Å². The molecule has 1 aromatic carbocycles. The second-order valence-electron chi connectivity index (χ2n) is 4.55. The Morgan fingerprint density at radius 3 is 2.94 bits per heavy atom. The van der Waals surface area contributed by atoms with Crippen molar-refractivity contribution < 1.29 is 9.90 Å². The van der Waals surface area contributed by atoms with Crippen LogP contribution in [0.4, 0.5) is 0 Å². The lowest BCUT2D eigenvalue weighted by Crippen LogP contribution is -2.43. The second kappa shape index (κ2) is 3.60. The van der Waals surface area contributed by atoms with E-state index >= 15 is 0 Å². The Hall–Kier alpha value is -1.81. The number of H-pyrrole nitrogens is 1. The van der Waals surface area contributed by atoms with E-state index in [1.54, 1.807) is 0 Å². The van der Waals surface area contributed by atoms with Crippen LogP contribution in [0.15, 0.2) is 24.3 Å². The summed E-state index contributed by atoms with van der Waals surface area (Å²) in [6.07, 6.45) is 0.541. The molecule has 0 spiro atoms. The molecule has 0 aliphatic carbocycles. The van der Waals surface area contributed by atoms with Gasteiger partial charge in [-0.15, -0.1) is 0 Å². The summed E-state index contributed by atoms with van der Waals surface area (Å²) in [6, 6.07) is 7.59. The lowest BCUT2D eigenvalue weighted by Gasteiger charge is -2.26. The first-order valence-electron chi connectivity index (χ1n) is 5.75. The third kappa shape index (κ3) is 1.52. The minimum atomic E-state index is -0.784. The zero-order valence-corrected chi connectivity index (χ0v) is 9.53. The Morgan fingerprint density at radius 1 is 1.41 bits per heavy atom. The van der Waals surface area contributed by atoms with E-state index in [-0.39, 0.29) is 6.04 Å². The van der Waals surface area contributed by atoms with E-state index in [1.165, 1.54) is 0 Å². The zero-order valence-electron chi connectivity index (χ0n) is 9.53. The number of para-hydroxylation sites is 1. The number of carboxylic acids is 1. The number of benzene rings is 1. The smallest absolute Gasteiger partial charge is 0.321 e. The van der Waals surface area contributed by atoms with Crippen molar-refractivity contribution in [2.45, 2.75) is 25.4 Å². The van der Waals surface area contributed by atoms with Gasteiger partial charge in [0.15, 0.2) is 0 Å². The average molecular weight is 230 g/mol. The van der Waals surface area contributed by atoms with Crippen molar-refractivity contribution in [3.63, 3.8) is 0 Å². The summed E-state index contributed by atoms with van der Waals surface area (Å²) in [4.78, 5) is 14.5. The maximum absolute atomic E-state index is 11.1. The fourth-order valence-electron chi connectivity index (χ4n) is 2.62. The van der Waals surface area contributed by atoms with Gasteiger partial charge in [0.05, 0.1) is 0 Å². The van der Waals surface area contributed by atoms with Gasteiger partial charge >= 0.3 is 5.97 Å². The van der Waals surface area contributed by atoms with Gasteiger partial charge in [0.2, 0.25) is 0 Å². The van der Waals surface area contributed by atoms with Gasteiger partial charge in [-0.2, -0.15) is 0 Å². The molecule has 1 unspecified atom stereocenters. The number of carbonyl (C=O) groups is 1. The minimum absolute atomic E-state index is 0.0484. The molecule has 17 heavy (non-hydrogen) atoms. The van der Waals surface area contributed by atoms with Crippen molar-refractivity contribution in [2.75, 3.05) is 0 Å². The van der Waals surface area contributed by atoms with Crippen LogP contribution in [0.25, 0.3) is 10.9 Å². The normalized spacial score (nSPS) is 23.6. The van der Waals surface area contributed by atoms with E-state index in [1.807, 2.05) is 31.2 Å². The van der Waals surface area contributed by atoms with Gasteiger partial charge in [-0.3, -0.25) is 10.1 Å². The number of hydrogen-bond donors (Lipinski definition) is 3. The molecule has 4 nitrogen and oxygen atoms in total. The zero-order chi connectivity index (χ0) is 12.0. The predicted octanol–water partition coefficient (Wildman–Crippen LogP) is 1.83. The van der Waals surface area contributed by atoms with Crippen LogP contribution in [0, 0.1) is 0 Å². The van der Waals surface area contributed by atoms with Gasteiger partial charge in [0, 0.05) is 29.1 Å². The summed E-state index contributed by atoms with van der Waals surface area (Å²) >= 11 is 0. The lowest BCUT2D eigenvalue weighted by molar-refractivity contribution is -0.139. The second-order valence-corrected chi connectivity index (χ2v) is 4.55. The maximum atomic E-state index is 11.1. The van der Waals surface area contributed by atoms with E-state index in [4.69, 9.17) is 5.11 Å². The molecule has 2 atom stereocenters. The highest BCUT2D eigenvalue weighted by atomic mass is 16.4. The van der Waals surface area contributed by atoms with Crippen molar-refractivity contribution >= 4 is 16.9 Å². The summed E-state index contributed by atoms with van der Waals surface area (Å²) in [5.74, 6) is -0.784. The quantitative estimate of drug-likeness (QED) is 0.700. The molecular formula is C13H14N2O2. The summed E-state index contributed by atoms with van der Waals surface area (Å²) in [5, 5.41) is 13.4. The molecule has 0 radical (unpaired) electrons. The van der Waals surface area contributed by atoms with Gasteiger partial charge in [0.25, 0.3) is 0 Å². The Morgan fingerprint density at radius 2 is 2.18 bits per heavy atom. The standard InChI is InChI=1S/C13H14N2O2/c1-7-12-9(6-11(14-7)13(16)17)8-4-2-3-5-10(8)15-12/h2-5,7,11,14-15H,6H2,1H3,(H,16,17)/t7?,11-/m1/s1. The highest BCUT2D eigenvalue weighted by Crippen LogP contribution is 2.31. The molecule has 88 valence electrons. The van der Waals surface area contributed by atoms with Crippen molar-refractivity contribution in [3.8, 4) is 0 Å². The molecule has 0 saturated heterocycles. The first-order valence-corrected chi connectivity index (χ1v) is 5.75. The number of aliphatic carboxylic acids is 1. The minimum Gasteiger partial charge on any atom is -0.480 e. The molecule has 0 bridgehead atoms. The molecular weight excluding hydrogens is 216 g/mol. The molecule has 2 heterocycles. The molecule has 0 amide bonds. The van der Waals surface area contributed by atoms with Crippen LogP contribution in [0.5, 0.6) is 0 Å². The van der Waals surface area contributed by atoms with Crippen molar-refractivity contribution in [1.29, 1.82) is 0 Å². The molecule has 1 aliphatic heterocycles. The number of aromatic amines is 1. The van der Waals surface area contributed by atoms with Crippen LogP contribution >= 0.6 is 0 Å². The molecule has 0 fully saturated rings. The average Bonchev–Trinajstić information content (AvgIpc) is 2.68. The van der Waals surface area contributed by atoms with E-state index < -0.39 is 12.0 Å². The van der Waals surface area contributed by atoms with E-state index in [2.05, 4.69) is 10.3 Å². The van der Waals surface area contributed by atoms with Crippen LogP contribution in [0.3, 0.4) is 0 Å². The van der Waals surface area contributed by atoms with Gasteiger partial charge in [-0.05, 0) is 18.6 Å². The van der Waals surface area contributed by atoms with E-state index in [0.29, 0.717) is 6.42 Å². The third-order valence-corrected chi connectivity index (χ3v) is 3.44. The van der Waals surface area contributed by atoms with Gasteiger partial charge < -0.3 is 10.1 Å². The fourth-order valence-corrected chi connectivity index (χ4v) is 2.62. The highest BCUT2D eigenvalue weighted by Gasteiger charge is 2.30. The number of rotatable bonds is 1. The summed E-state index contributed by atoms with van der Waals surface area (Å²) in [7, 11) is 0. The first-order chi connectivity index (χ1) is 8.16. The number of nitrogens with one attached hydrogen (secondary N) is 2. The highest BCUT2D eigenvalue weighted by molar-refractivity contribution is 5.86. The van der Waals surface area contributed by atoms with Crippen molar-refractivity contribution in [1.82, 2.24) is 10.3 Å². The Kier molecular flexibility index (Phi) is 2.19. The molecule has 1 aromatic heterocycles. The molecule has 3 N–H and O–H groups in total. The summed E-state index contributed by atoms with van der Waals surface area (Å²) in [6.45, 7) is 1.99. The third-order valence-electron chi connectivity index (χ3n) is 3.44. The fraction of sp³-hybridized carbons (Fsp3) is 0.308. The number of aromatic nitrogens is 1. The van der Waals surface area contributed by atoms with Gasteiger partial charge in [-0.25, -0.2) is 0 Å². The van der Waals surface area contributed by atoms with Crippen LogP contribution in [0.1, 0.15) is 24.2 Å². The topological polar surface area (TPSA) is 65.1 Å². The Balaban J connectivity index is 2.16. The number of hydrogen-bond acceptors (Lipinski definition) is 2. The molecule has 4 heteroatoms. The van der Waals surface area contributed by atoms with Crippen LogP contribution in [0.2, 0.25) is 0 Å². The predicted molar refractivity (Wildman–Crippen MR) is 65.0 cm³/mol. The Bertz CT molecular complexity index is 588. The molecule has 0 saturated carbocycles. The van der Waals surface area contributed by atoms with Gasteiger partial charge in [-0.1, -0.05) is 18.2 Å². The molecule has 3 rings (SSSR count). The van der Waals surface area contributed by atoms with Crippen molar-refractivity contribution in [3.05, 3.63) is 35.5 Å². The van der Waals surface area contributed by atoms with E-state index in [9.17, 15) is 4.79 Å². The maximum Gasteiger partial charge on any atom is 0.321 e. The van der Waals surface area contributed by atoms with Crippen molar-refractivity contribution in [2.24, 2.45) is 0 Å². The van der Waals surface area contributed by atoms with Crippen LogP contribution < -0.4 is 5.32 Å². The van der Waals surface area contributed by atoms with Crippen LogP contribution in [-0.2, 0) is 11.2 Å². The SMILES string of the molecule is CC1N[C@@H](C(=O)O)Cc2c1[nH]c1ccccc21. The largest absolute Gasteiger partial charge is 0.480 e. The first kappa shape index (κ1) is 10.4. The molecule has 1 aliphatic rings. The monoisotopic (exact) mass is 230 g/mol. The van der Waals surface area contributed by atoms with E-state index in [0.717, 1.165) is 22.2 Å². The number of fused-ring (bicyclic) bond motifs is 3.